The van der Waals surface area contributed by atoms with E-state index in [0.717, 1.165) is 6.42 Å². The van der Waals surface area contributed by atoms with Crippen LogP contribution in [0.2, 0.25) is 0 Å². The molecular formula is C15H24ClN3O2. The summed E-state index contributed by atoms with van der Waals surface area (Å²) in [5.74, 6) is -0.288. The Morgan fingerprint density at radius 3 is 2.19 bits per heavy atom. The van der Waals surface area contributed by atoms with Crippen LogP contribution in [0.5, 0.6) is 0 Å². The second-order valence-electron chi connectivity index (χ2n) is 5.40. The average molecular weight is 314 g/mol. The molecule has 0 bridgehead atoms. The number of benzene rings is 1. The van der Waals surface area contributed by atoms with Gasteiger partial charge in [-0.15, -0.1) is 12.4 Å². The van der Waals surface area contributed by atoms with Gasteiger partial charge in [-0.2, -0.15) is 0 Å². The third-order valence-corrected chi connectivity index (χ3v) is 3.08. The zero-order chi connectivity index (χ0) is 15.3. The molecule has 1 unspecified atom stereocenters. The second-order valence-corrected chi connectivity index (χ2v) is 5.40. The third-order valence-electron chi connectivity index (χ3n) is 3.08. The van der Waals surface area contributed by atoms with Crippen LogP contribution in [-0.2, 0) is 4.79 Å². The van der Waals surface area contributed by atoms with Crippen LogP contribution < -0.4 is 11.1 Å². The summed E-state index contributed by atoms with van der Waals surface area (Å²) in [7, 11) is 3.39. The average Bonchev–Trinajstić information content (AvgIpc) is 2.38. The SMILES string of the molecule is CCCC(C)(N)C(=O)Nc1ccc(C(=O)N(C)C)cc1.Cl. The fraction of sp³-hybridized carbons (Fsp3) is 0.467. The maximum absolute atomic E-state index is 12.0. The molecule has 0 heterocycles. The number of nitrogens with one attached hydrogen (secondary N) is 1. The summed E-state index contributed by atoms with van der Waals surface area (Å²) in [5.41, 5.74) is 6.30. The summed E-state index contributed by atoms with van der Waals surface area (Å²) in [6.45, 7) is 3.70. The van der Waals surface area contributed by atoms with E-state index in [9.17, 15) is 9.59 Å². The number of carbonyl (C=O) groups is 2. The molecule has 6 heteroatoms. The van der Waals surface area contributed by atoms with Gasteiger partial charge in [0.15, 0.2) is 0 Å². The van der Waals surface area contributed by atoms with Gasteiger partial charge in [0.05, 0.1) is 5.54 Å². The first kappa shape index (κ1) is 19.4. The summed E-state index contributed by atoms with van der Waals surface area (Å²) in [6, 6.07) is 6.78. The first-order valence-electron chi connectivity index (χ1n) is 6.70. The van der Waals surface area contributed by atoms with Crippen molar-refractivity contribution >= 4 is 29.9 Å². The molecule has 1 aromatic rings. The number of halogens is 1. The number of carbonyl (C=O) groups excluding carboxylic acids is 2. The van der Waals surface area contributed by atoms with Crippen molar-refractivity contribution in [3.63, 3.8) is 0 Å². The number of hydrogen-bond acceptors (Lipinski definition) is 3. The van der Waals surface area contributed by atoms with Crippen LogP contribution in [0.15, 0.2) is 24.3 Å². The Kier molecular flexibility index (Phi) is 7.39. The fourth-order valence-electron chi connectivity index (χ4n) is 1.86. The number of nitrogens with two attached hydrogens (primary N) is 1. The van der Waals surface area contributed by atoms with E-state index in [-0.39, 0.29) is 24.2 Å². The van der Waals surface area contributed by atoms with Gasteiger partial charge in [-0.3, -0.25) is 9.59 Å². The smallest absolute Gasteiger partial charge is 0.253 e. The highest BCUT2D eigenvalue weighted by molar-refractivity contribution is 5.98. The van der Waals surface area contributed by atoms with Crippen molar-refractivity contribution in [3.05, 3.63) is 29.8 Å². The Balaban J connectivity index is 0.00000400. The molecule has 0 aromatic heterocycles. The lowest BCUT2D eigenvalue weighted by atomic mass is 9.96. The molecule has 0 aliphatic carbocycles. The Morgan fingerprint density at radius 1 is 1.24 bits per heavy atom. The largest absolute Gasteiger partial charge is 0.345 e. The van der Waals surface area contributed by atoms with Crippen molar-refractivity contribution in [1.82, 2.24) is 4.90 Å². The Labute approximate surface area is 132 Å². The first-order chi connectivity index (χ1) is 9.27. The molecule has 118 valence electrons. The molecule has 21 heavy (non-hydrogen) atoms. The molecule has 0 fully saturated rings. The van der Waals surface area contributed by atoms with Gasteiger partial charge in [0.1, 0.15) is 0 Å². The van der Waals surface area contributed by atoms with Crippen molar-refractivity contribution in [3.8, 4) is 0 Å². The summed E-state index contributed by atoms with van der Waals surface area (Å²) >= 11 is 0. The zero-order valence-electron chi connectivity index (χ0n) is 13.0. The van der Waals surface area contributed by atoms with Gasteiger partial charge in [-0.1, -0.05) is 13.3 Å². The van der Waals surface area contributed by atoms with Crippen molar-refractivity contribution in [2.24, 2.45) is 5.73 Å². The quantitative estimate of drug-likeness (QED) is 0.875. The standard InChI is InChI=1S/C15H23N3O2.ClH/c1-5-10-15(2,16)14(20)17-12-8-6-11(7-9-12)13(19)18(3)4;/h6-9H,5,10,16H2,1-4H3,(H,17,20);1H. The van der Waals surface area contributed by atoms with Crippen LogP contribution in [0.4, 0.5) is 5.69 Å². The minimum Gasteiger partial charge on any atom is -0.345 e. The van der Waals surface area contributed by atoms with Crippen molar-refractivity contribution in [2.45, 2.75) is 32.2 Å². The van der Waals surface area contributed by atoms with Gasteiger partial charge in [0.2, 0.25) is 5.91 Å². The number of nitrogens with zero attached hydrogens (tertiary/aromatic N) is 1. The van der Waals surface area contributed by atoms with E-state index >= 15 is 0 Å². The maximum atomic E-state index is 12.0. The summed E-state index contributed by atoms with van der Waals surface area (Å²) in [4.78, 5) is 25.3. The minimum atomic E-state index is -0.882. The highest BCUT2D eigenvalue weighted by Gasteiger charge is 2.27. The lowest BCUT2D eigenvalue weighted by Gasteiger charge is -2.22. The molecule has 0 spiro atoms. The second kappa shape index (κ2) is 8.00. The lowest BCUT2D eigenvalue weighted by molar-refractivity contribution is -0.120. The van der Waals surface area contributed by atoms with E-state index in [1.165, 1.54) is 4.90 Å². The molecule has 0 aliphatic heterocycles. The normalized spacial score (nSPS) is 12.8. The van der Waals surface area contributed by atoms with E-state index in [1.807, 2.05) is 6.92 Å². The Bertz CT molecular complexity index is 484. The molecule has 1 atom stereocenters. The lowest BCUT2D eigenvalue weighted by Crippen LogP contribution is -2.48. The maximum Gasteiger partial charge on any atom is 0.253 e. The number of anilines is 1. The summed E-state index contributed by atoms with van der Waals surface area (Å²) in [5, 5.41) is 2.77. The van der Waals surface area contributed by atoms with Gasteiger partial charge in [0.25, 0.3) is 5.91 Å². The summed E-state index contributed by atoms with van der Waals surface area (Å²) in [6.07, 6.45) is 1.47. The summed E-state index contributed by atoms with van der Waals surface area (Å²) < 4.78 is 0. The van der Waals surface area contributed by atoms with Crippen LogP contribution in [0.25, 0.3) is 0 Å². The monoisotopic (exact) mass is 313 g/mol. The fourth-order valence-corrected chi connectivity index (χ4v) is 1.86. The van der Waals surface area contributed by atoms with Gasteiger partial charge in [-0.05, 0) is 37.6 Å². The molecule has 3 N–H and O–H groups in total. The third kappa shape index (κ3) is 5.36. The van der Waals surface area contributed by atoms with Gasteiger partial charge < -0.3 is 16.0 Å². The molecule has 1 aromatic carbocycles. The molecule has 0 saturated heterocycles. The van der Waals surface area contributed by atoms with Gasteiger partial charge >= 0.3 is 0 Å². The van der Waals surface area contributed by atoms with E-state index in [1.54, 1.807) is 45.3 Å². The predicted octanol–water partition coefficient (Wildman–Crippen LogP) is 2.27. The Hall–Kier alpha value is -1.59. The van der Waals surface area contributed by atoms with E-state index in [0.29, 0.717) is 17.7 Å². The molecule has 5 nitrogen and oxygen atoms in total. The van der Waals surface area contributed by atoms with Crippen LogP contribution in [-0.4, -0.2) is 36.3 Å². The van der Waals surface area contributed by atoms with Crippen LogP contribution in [0, 0.1) is 0 Å². The van der Waals surface area contributed by atoms with Crippen molar-refractivity contribution in [2.75, 3.05) is 19.4 Å². The van der Waals surface area contributed by atoms with Crippen molar-refractivity contribution in [1.29, 1.82) is 0 Å². The highest BCUT2D eigenvalue weighted by Crippen LogP contribution is 2.15. The molecule has 1 rings (SSSR count). The molecule has 2 amide bonds. The highest BCUT2D eigenvalue weighted by atomic mass is 35.5. The molecule has 0 aliphatic rings. The van der Waals surface area contributed by atoms with E-state index in [4.69, 9.17) is 5.73 Å². The minimum absolute atomic E-state index is 0. The Morgan fingerprint density at radius 2 is 1.76 bits per heavy atom. The number of rotatable bonds is 5. The number of amides is 2. The topological polar surface area (TPSA) is 75.4 Å². The van der Waals surface area contributed by atoms with Gasteiger partial charge in [-0.25, -0.2) is 0 Å². The molecule has 0 radical (unpaired) electrons. The van der Waals surface area contributed by atoms with E-state index in [2.05, 4.69) is 5.32 Å². The van der Waals surface area contributed by atoms with Crippen LogP contribution >= 0.6 is 12.4 Å². The number of hydrogen-bond donors (Lipinski definition) is 2. The molecule has 0 saturated carbocycles. The first-order valence-corrected chi connectivity index (χ1v) is 6.70. The van der Waals surface area contributed by atoms with Gasteiger partial charge in [0, 0.05) is 25.3 Å². The van der Waals surface area contributed by atoms with E-state index < -0.39 is 5.54 Å². The van der Waals surface area contributed by atoms with Crippen LogP contribution in [0.3, 0.4) is 0 Å². The van der Waals surface area contributed by atoms with Crippen LogP contribution in [0.1, 0.15) is 37.0 Å². The zero-order valence-corrected chi connectivity index (χ0v) is 13.8. The van der Waals surface area contributed by atoms with Crippen molar-refractivity contribution < 1.29 is 9.59 Å². The predicted molar refractivity (Wildman–Crippen MR) is 87.8 cm³/mol. The molecular weight excluding hydrogens is 290 g/mol.